The Kier molecular flexibility index (Phi) is 5.35. The van der Waals surface area contributed by atoms with Gasteiger partial charge in [0.25, 0.3) is 5.91 Å². The highest BCUT2D eigenvalue weighted by atomic mass is 16.5. The van der Waals surface area contributed by atoms with Gasteiger partial charge < -0.3 is 14.6 Å². The van der Waals surface area contributed by atoms with Crippen LogP contribution < -0.4 is 0 Å². The average Bonchev–Trinajstić information content (AvgIpc) is 2.83. The smallest absolute Gasteiger partial charge is 0.355 e. The third-order valence-corrected chi connectivity index (χ3v) is 3.86. The molecule has 0 aliphatic carbocycles. The second-order valence-corrected chi connectivity index (χ2v) is 5.65. The van der Waals surface area contributed by atoms with Crippen LogP contribution in [0, 0.1) is 0 Å². The van der Waals surface area contributed by atoms with Crippen LogP contribution >= 0.6 is 0 Å². The van der Waals surface area contributed by atoms with Gasteiger partial charge in [0, 0.05) is 24.8 Å². The number of nitrogens with zero attached hydrogens (tertiary/aromatic N) is 1. The summed E-state index contributed by atoms with van der Waals surface area (Å²) in [4.78, 5) is 40.0. The lowest BCUT2D eigenvalue weighted by Gasteiger charge is -2.23. The number of nitrogens with one attached hydrogen (secondary N) is 1. The molecule has 2 heterocycles. The topological polar surface area (TPSA) is 79.5 Å². The summed E-state index contributed by atoms with van der Waals surface area (Å²) in [7, 11) is 0. The van der Waals surface area contributed by atoms with Gasteiger partial charge in [0.2, 0.25) is 0 Å². The first-order valence-corrected chi connectivity index (χ1v) is 7.68. The van der Waals surface area contributed by atoms with Crippen LogP contribution in [0.5, 0.6) is 0 Å². The van der Waals surface area contributed by atoms with E-state index in [2.05, 4.69) is 4.98 Å². The van der Waals surface area contributed by atoms with Gasteiger partial charge in [-0.25, -0.2) is 4.79 Å². The molecular formula is C16H22N2O4. The number of aromatic nitrogens is 1. The quantitative estimate of drug-likeness (QED) is 0.683. The lowest BCUT2D eigenvalue weighted by atomic mass is 10.2. The second kappa shape index (κ2) is 7.24. The van der Waals surface area contributed by atoms with Crippen LogP contribution in [0.3, 0.4) is 0 Å². The lowest BCUT2D eigenvalue weighted by molar-refractivity contribution is -0.139. The molecule has 1 fully saturated rings. The first-order chi connectivity index (χ1) is 10.5. The van der Waals surface area contributed by atoms with E-state index in [9.17, 15) is 14.4 Å². The van der Waals surface area contributed by atoms with Gasteiger partial charge in [0.1, 0.15) is 5.69 Å². The fraction of sp³-hybridized carbons (Fsp3) is 0.562. The average molecular weight is 306 g/mol. The Hall–Kier alpha value is -2.11. The van der Waals surface area contributed by atoms with Crippen molar-refractivity contribution in [3.63, 3.8) is 0 Å². The molecule has 6 nitrogen and oxygen atoms in total. The summed E-state index contributed by atoms with van der Waals surface area (Å²) in [6.45, 7) is 4.44. The van der Waals surface area contributed by atoms with E-state index in [0.717, 1.165) is 38.8 Å². The van der Waals surface area contributed by atoms with Crippen molar-refractivity contribution < 1.29 is 19.1 Å². The van der Waals surface area contributed by atoms with Gasteiger partial charge in [-0.1, -0.05) is 12.8 Å². The zero-order chi connectivity index (χ0) is 16.1. The normalized spacial score (nSPS) is 16.7. The number of rotatable bonds is 4. The molecule has 0 saturated carbocycles. The van der Waals surface area contributed by atoms with E-state index in [1.807, 2.05) is 0 Å². The highest BCUT2D eigenvalue weighted by Gasteiger charge is 2.25. The molecule has 0 bridgehead atoms. The summed E-state index contributed by atoms with van der Waals surface area (Å²) in [5.41, 5.74) is 0.596. The number of hydrogen-bond donors (Lipinski definition) is 1. The summed E-state index contributed by atoms with van der Waals surface area (Å²) in [5.74, 6) is -0.916. The van der Waals surface area contributed by atoms with Gasteiger partial charge in [-0.2, -0.15) is 0 Å². The van der Waals surface area contributed by atoms with Crippen LogP contribution in [-0.4, -0.2) is 46.7 Å². The molecule has 1 atom stereocenters. The largest absolute Gasteiger partial charge is 0.448 e. The van der Waals surface area contributed by atoms with E-state index in [0.29, 0.717) is 5.56 Å². The van der Waals surface area contributed by atoms with Crippen molar-refractivity contribution in [1.29, 1.82) is 0 Å². The molecule has 120 valence electrons. The first-order valence-electron chi connectivity index (χ1n) is 7.68. The summed E-state index contributed by atoms with van der Waals surface area (Å²) >= 11 is 0. The number of hydrogen-bond acceptors (Lipinski definition) is 4. The van der Waals surface area contributed by atoms with Crippen molar-refractivity contribution in [2.75, 3.05) is 13.1 Å². The third-order valence-electron chi connectivity index (χ3n) is 3.86. The predicted octanol–water partition coefficient (Wildman–Crippen LogP) is 2.17. The van der Waals surface area contributed by atoms with E-state index in [4.69, 9.17) is 4.74 Å². The molecule has 1 aromatic rings. The number of H-pyrrole nitrogens is 1. The summed E-state index contributed by atoms with van der Waals surface area (Å²) < 4.78 is 5.21. The van der Waals surface area contributed by atoms with E-state index in [-0.39, 0.29) is 17.4 Å². The zero-order valence-electron chi connectivity index (χ0n) is 13.1. The van der Waals surface area contributed by atoms with Crippen LogP contribution in [-0.2, 0) is 9.53 Å². The zero-order valence-corrected chi connectivity index (χ0v) is 13.1. The molecule has 6 heteroatoms. The van der Waals surface area contributed by atoms with Crippen molar-refractivity contribution >= 4 is 17.7 Å². The maximum Gasteiger partial charge on any atom is 0.355 e. The molecular weight excluding hydrogens is 284 g/mol. The number of carbonyl (C=O) groups is 3. The monoisotopic (exact) mass is 306 g/mol. The fourth-order valence-electron chi connectivity index (χ4n) is 2.54. The molecule has 0 unspecified atom stereocenters. The van der Waals surface area contributed by atoms with Crippen molar-refractivity contribution in [3.8, 4) is 0 Å². The van der Waals surface area contributed by atoms with Crippen molar-refractivity contribution in [1.82, 2.24) is 9.88 Å². The molecule has 0 aromatic carbocycles. The number of ketones is 1. The van der Waals surface area contributed by atoms with Gasteiger partial charge in [0.05, 0.1) is 0 Å². The fourth-order valence-corrected chi connectivity index (χ4v) is 2.54. The maximum absolute atomic E-state index is 12.3. The van der Waals surface area contributed by atoms with Crippen LogP contribution in [0.4, 0.5) is 0 Å². The molecule has 1 saturated heterocycles. The van der Waals surface area contributed by atoms with E-state index in [1.54, 1.807) is 11.8 Å². The molecule has 1 aromatic heterocycles. The van der Waals surface area contributed by atoms with Crippen molar-refractivity contribution in [3.05, 3.63) is 23.5 Å². The van der Waals surface area contributed by atoms with Crippen LogP contribution in [0.1, 0.15) is 60.4 Å². The molecule has 2 rings (SSSR count). The molecule has 1 aliphatic heterocycles. The van der Waals surface area contributed by atoms with Gasteiger partial charge in [-0.15, -0.1) is 0 Å². The van der Waals surface area contributed by atoms with Gasteiger partial charge in [-0.05, 0) is 32.8 Å². The highest BCUT2D eigenvalue weighted by Crippen LogP contribution is 2.13. The summed E-state index contributed by atoms with van der Waals surface area (Å²) in [6, 6.07) is 1.44. The molecule has 1 aliphatic rings. The maximum atomic E-state index is 12.3. The Morgan fingerprint density at radius 2 is 1.82 bits per heavy atom. The minimum absolute atomic E-state index is 0.135. The van der Waals surface area contributed by atoms with Crippen LogP contribution in [0.25, 0.3) is 0 Å². The van der Waals surface area contributed by atoms with Crippen molar-refractivity contribution in [2.24, 2.45) is 0 Å². The second-order valence-electron chi connectivity index (χ2n) is 5.65. The SMILES string of the molecule is CC(=O)c1c[nH]c(C(=O)O[C@H](C)C(=O)N2CCCCCC2)c1. The molecule has 1 amide bonds. The summed E-state index contributed by atoms with van der Waals surface area (Å²) in [5, 5.41) is 0. The predicted molar refractivity (Wildman–Crippen MR) is 80.7 cm³/mol. The number of ether oxygens (including phenoxy) is 1. The van der Waals surface area contributed by atoms with Gasteiger partial charge in [0.15, 0.2) is 11.9 Å². The highest BCUT2D eigenvalue weighted by molar-refractivity contribution is 5.98. The van der Waals surface area contributed by atoms with E-state index in [1.165, 1.54) is 19.2 Å². The standard InChI is InChI=1S/C16H22N2O4/c1-11(19)13-9-14(17-10-13)16(21)22-12(2)15(20)18-7-5-3-4-6-8-18/h9-10,12,17H,3-8H2,1-2H3/t12-/m1/s1. The minimum atomic E-state index is -0.824. The Bertz CT molecular complexity index is 556. The molecule has 22 heavy (non-hydrogen) atoms. The Morgan fingerprint density at radius 3 is 2.36 bits per heavy atom. The summed E-state index contributed by atoms with van der Waals surface area (Å²) in [6.07, 6.45) is 4.88. The molecule has 1 N–H and O–H groups in total. The van der Waals surface area contributed by atoms with Crippen molar-refractivity contribution in [2.45, 2.75) is 45.6 Å². The van der Waals surface area contributed by atoms with Crippen LogP contribution in [0.15, 0.2) is 12.3 Å². The van der Waals surface area contributed by atoms with Crippen LogP contribution in [0.2, 0.25) is 0 Å². The number of likely N-dealkylation sites (tertiary alicyclic amines) is 1. The van der Waals surface area contributed by atoms with Gasteiger partial charge in [-0.3, -0.25) is 9.59 Å². The molecule has 0 radical (unpaired) electrons. The Balaban J connectivity index is 1.94. The molecule has 0 spiro atoms. The number of amides is 1. The number of carbonyl (C=O) groups excluding carboxylic acids is 3. The van der Waals surface area contributed by atoms with E-state index < -0.39 is 12.1 Å². The number of esters is 1. The first kappa shape index (κ1) is 16.3. The minimum Gasteiger partial charge on any atom is -0.448 e. The number of Topliss-reactive ketones (excluding diaryl/α,β-unsaturated/α-hetero) is 1. The third kappa shape index (κ3) is 3.96. The Morgan fingerprint density at radius 1 is 1.18 bits per heavy atom. The Labute approximate surface area is 129 Å². The lowest BCUT2D eigenvalue weighted by Crippen LogP contribution is -2.40. The van der Waals surface area contributed by atoms with E-state index >= 15 is 0 Å². The number of aromatic amines is 1. The van der Waals surface area contributed by atoms with Gasteiger partial charge >= 0.3 is 5.97 Å².